The van der Waals surface area contributed by atoms with Crippen LogP contribution in [0.4, 0.5) is 0 Å². The summed E-state index contributed by atoms with van der Waals surface area (Å²) < 4.78 is 1.18. The van der Waals surface area contributed by atoms with E-state index in [9.17, 15) is 0 Å². The number of thiazole rings is 1. The molecule has 0 N–H and O–H groups in total. The molecule has 2 rings (SSSR count). The molecule has 0 aliphatic heterocycles. The Kier molecular flexibility index (Phi) is 3.50. The van der Waals surface area contributed by atoms with Crippen molar-refractivity contribution in [1.82, 2.24) is 4.98 Å². The maximum absolute atomic E-state index is 5.74. The molecule has 0 atom stereocenters. The van der Waals surface area contributed by atoms with Gasteiger partial charge in [0, 0.05) is 5.02 Å². The number of hydrogen-bond donors (Lipinski definition) is 0. The van der Waals surface area contributed by atoms with Gasteiger partial charge in [-0.3, -0.25) is 0 Å². The van der Waals surface area contributed by atoms with E-state index in [1.807, 2.05) is 37.6 Å². The Morgan fingerprint density at radius 2 is 2.08 bits per heavy atom. The van der Waals surface area contributed by atoms with Gasteiger partial charge in [-0.1, -0.05) is 25.4 Å². The molecule has 3 heteroatoms. The molecule has 0 saturated carbocycles. The number of nitrogens with zero attached hydrogens (tertiary/aromatic N) is 1. The van der Waals surface area contributed by atoms with Gasteiger partial charge in [0.25, 0.3) is 0 Å². The number of benzene rings is 1. The van der Waals surface area contributed by atoms with Crippen LogP contribution in [0.1, 0.15) is 13.8 Å². The number of fused-ring (bicyclic) bond motifs is 1. The van der Waals surface area contributed by atoms with Crippen molar-refractivity contribution >= 4 is 33.2 Å². The first-order chi connectivity index (χ1) is 5.86. The first-order valence-electron chi connectivity index (χ1n) is 3.85. The number of halogens is 1. The highest BCUT2D eigenvalue weighted by molar-refractivity contribution is 7.16. The maximum Gasteiger partial charge on any atom is 0.0826 e. The molecule has 2 aromatic rings. The van der Waals surface area contributed by atoms with Gasteiger partial charge in [-0.15, -0.1) is 11.3 Å². The third kappa shape index (κ3) is 1.96. The summed E-state index contributed by atoms with van der Waals surface area (Å²) in [7, 11) is 0. The lowest BCUT2D eigenvalue weighted by molar-refractivity contribution is 1.50. The summed E-state index contributed by atoms with van der Waals surface area (Å²) >= 11 is 7.37. The molecule has 1 aromatic carbocycles. The molecule has 0 spiro atoms. The second-order valence-electron chi connectivity index (χ2n) is 1.96. The Bertz CT molecular complexity index is 356. The fraction of sp³-hybridized carbons (Fsp3) is 0.222. The Balaban J connectivity index is 0.000000336. The van der Waals surface area contributed by atoms with Crippen LogP contribution in [0, 0.1) is 0 Å². The molecule has 0 aliphatic carbocycles. The summed E-state index contributed by atoms with van der Waals surface area (Å²) in [4.78, 5) is 4.11. The van der Waals surface area contributed by atoms with Crippen LogP contribution in [0.15, 0.2) is 23.7 Å². The van der Waals surface area contributed by atoms with Gasteiger partial charge in [0.05, 0.1) is 15.7 Å². The fourth-order valence-electron chi connectivity index (χ4n) is 0.831. The van der Waals surface area contributed by atoms with Crippen molar-refractivity contribution in [2.75, 3.05) is 0 Å². The summed E-state index contributed by atoms with van der Waals surface area (Å²) in [5.74, 6) is 0. The zero-order chi connectivity index (χ0) is 8.97. The third-order valence-electron chi connectivity index (χ3n) is 1.29. The van der Waals surface area contributed by atoms with Crippen molar-refractivity contribution < 1.29 is 0 Å². The molecule has 1 aromatic heterocycles. The molecular formula is C9H10ClNS. The van der Waals surface area contributed by atoms with Crippen LogP contribution in [-0.2, 0) is 0 Å². The van der Waals surface area contributed by atoms with Gasteiger partial charge in [-0.25, -0.2) is 4.98 Å². The van der Waals surface area contributed by atoms with E-state index >= 15 is 0 Å². The van der Waals surface area contributed by atoms with Crippen molar-refractivity contribution in [1.29, 1.82) is 0 Å². The van der Waals surface area contributed by atoms with Crippen LogP contribution in [0.25, 0.3) is 10.2 Å². The minimum atomic E-state index is 0.749. The number of rotatable bonds is 0. The smallest absolute Gasteiger partial charge is 0.0826 e. The van der Waals surface area contributed by atoms with Crippen LogP contribution in [-0.4, -0.2) is 4.98 Å². The predicted molar refractivity (Wildman–Crippen MR) is 56.0 cm³/mol. The molecule has 64 valence electrons. The van der Waals surface area contributed by atoms with Crippen molar-refractivity contribution in [2.45, 2.75) is 13.8 Å². The van der Waals surface area contributed by atoms with E-state index < -0.39 is 0 Å². The molecule has 1 nitrogen and oxygen atoms in total. The molecule has 0 unspecified atom stereocenters. The molecule has 0 radical (unpaired) electrons. The second kappa shape index (κ2) is 4.43. The largest absolute Gasteiger partial charge is 0.245 e. The molecule has 0 fully saturated rings. The summed E-state index contributed by atoms with van der Waals surface area (Å²) in [5, 5.41) is 0.749. The lowest BCUT2D eigenvalue weighted by Crippen LogP contribution is -1.65. The van der Waals surface area contributed by atoms with E-state index in [2.05, 4.69) is 4.98 Å². The summed E-state index contributed by atoms with van der Waals surface area (Å²) in [6.45, 7) is 4.00. The monoisotopic (exact) mass is 199 g/mol. The van der Waals surface area contributed by atoms with E-state index in [1.54, 1.807) is 11.3 Å². The van der Waals surface area contributed by atoms with E-state index in [0.29, 0.717) is 0 Å². The normalized spacial score (nSPS) is 9.25. The average Bonchev–Trinajstić information content (AvgIpc) is 2.54. The number of aromatic nitrogens is 1. The molecule has 0 amide bonds. The summed E-state index contributed by atoms with van der Waals surface area (Å²) in [5.41, 5.74) is 2.80. The SMILES string of the molecule is CC.Clc1ccc2scnc2c1. The van der Waals surface area contributed by atoms with Crippen molar-refractivity contribution in [3.05, 3.63) is 28.7 Å². The van der Waals surface area contributed by atoms with Crippen molar-refractivity contribution in [2.24, 2.45) is 0 Å². The quantitative estimate of drug-likeness (QED) is 0.626. The van der Waals surface area contributed by atoms with Crippen LogP contribution < -0.4 is 0 Å². The zero-order valence-corrected chi connectivity index (χ0v) is 8.62. The Labute approximate surface area is 81.0 Å². The standard InChI is InChI=1S/C7H4ClNS.C2H6/c8-5-1-2-7-6(3-5)9-4-10-7;1-2/h1-4H;1-2H3. The Morgan fingerprint density at radius 1 is 1.33 bits per heavy atom. The Morgan fingerprint density at radius 3 is 2.83 bits per heavy atom. The van der Waals surface area contributed by atoms with Crippen LogP contribution in [0.3, 0.4) is 0 Å². The summed E-state index contributed by atoms with van der Waals surface area (Å²) in [6.07, 6.45) is 0. The lowest BCUT2D eigenvalue weighted by Gasteiger charge is -1.86. The minimum absolute atomic E-state index is 0.749. The van der Waals surface area contributed by atoms with E-state index in [0.717, 1.165) is 10.5 Å². The highest BCUT2D eigenvalue weighted by atomic mass is 35.5. The highest BCUT2D eigenvalue weighted by Gasteiger charge is 1.94. The maximum atomic E-state index is 5.74. The lowest BCUT2D eigenvalue weighted by atomic mass is 10.3. The fourth-order valence-corrected chi connectivity index (χ4v) is 1.66. The zero-order valence-electron chi connectivity index (χ0n) is 7.04. The van der Waals surface area contributed by atoms with Crippen molar-refractivity contribution in [3.63, 3.8) is 0 Å². The molecule has 0 bridgehead atoms. The van der Waals surface area contributed by atoms with Gasteiger partial charge in [0.15, 0.2) is 0 Å². The first kappa shape index (κ1) is 9.49. The van der Waals surface area contributed by atoms with Gasteiger partial charge in [0.2, 0.25) is 0 Å². The predicted octanol–water partition coefficient (Wildman–Crippen LogP) is 3.98. The Hall–Kier alpha value is -0.600. The second-order valence-corrected chi connectivity index (χ2v) is 3.29. The molecule has 0 saturated heterocycles. The molecule has 0 aliphatic rings. The van der Waals surface area contributed by atoms with E-state index in [-0.39, 0.29) is 0 Å². The van der Waals surface area contributed by atoms with Crippen LogP contribution in [0.2, 0.25) is 5.02 Å². The van der Waals surface area contributed by atoms with Crippen LogP contribution in [0.5, 0.6) is 0 Å². The third-order valence-corrected chi connectivity index (χ3v) is 2.34. The summed E-state index contributed by atoms with van der Waals surface area (Å²) in [6, 6.07) is 5.73. The average molecular weight is 200 g/mol. The topological polar surface area (TPSA) is 12.9 Å². The van der Waals surface area contributed by atoms with Gasteiger partial charge in [-0.2, -0.15) is 0 Å². The van der Waals surface area contributed by atoms with Crippen LogP contribution >= 0.6 is 22.9 Å². The van der Waals surface area contributed by atoms with E-state index in [4.69, 9.17) is 11.6 Å². The van der Waals surface area contributed by atoms with E-state index in [1.165, 1.54) is 4.70 Å². The number of hydrogen-bond acceptors (Lipinski definition) is 2. The highest BCUT2D eigenvalue weighted by Crippen LogP contribution is 2.20. The molecular weight excluding hydrogens is 190 g/mol. The van der Waals surface area contributed by atoms with Gasteiger partial charge < -0.3 is 0 Å². The first-order valence-corrected chi connectivity index (χ1v) is 5.11. The van der Waals surface area contributed by atoms with Gasteiger partial charge >= 0.3 is 0 Å². The molecule has 12 heavy (non-hydrogen) atoms. The van der Waals surface area contributed by atoms with Gasteiger partial charge in [0.1, 0.15) is 0 Å². The molecule has 1 heterocycles. The minimum Gasteiger partial charge on any atom is -0.245 e. The van der Waals surface area contributed by atoms with Gasteiger partial charge in [-0.05, 0) is 18.2 Å². The van der Waals surface area contributed by atoms with Crippen molar-refractivity contribution in [3.8, 4) is 0 Å².